The molecule has 4 nitrogen and oxygen atoms in total. The molecule has 0 atom stereocenters. The molecular formula is C17H14O4. The first kappa shape index (κ1) is 12.1. The van der Waals surface area contributed by atoms with E-state index in [0.29, 0.717) is 5.75 Å². The van der Waals surface area contributed by atoms with Gasteiger partial charge in [0.25, 0.3) is 0 Å². The molecule has 0 amide bonds. The van der Waals surface area contributed by atoms with Crippen molar-refractivity contribution in [3.63, 3.8) is 0 Å². The highest BCUT2D eigenvalue weighted by atomic mass is 16.7. The smallest absolute Gasteiger partial charge is 0.231 e. The maximum absolute atomic E-state index is 5.66. The summed E-state index contributed by atoms with van der Waals surface area (Å²) >= 11 is 0. The average molecular weight is 282 g/mol. The summed E-state index contributed by atoms with van der Waals surface area (Å²) in [7, 11) is 3.29. The van der Waals surface area contributed by atoms with Crippen molar-refractivity contribution in [3.05, 3.63) is 36.4 Å². The van der Waals surface area contributed by atoms with Crippen molar-refractivity contribution in [2.45, 2.75) is 0 Å². The molecule has 1 aliphatic heterocycles. The van der Waals surface area contributed by atoms with Crippen LogP contribution >= 0.6 is 0 Å². The predicted molar refractivity (Wildman–Crippen MR) is 80.7 cm³/mol. The van der Waals surface area contributed by atoms with Gasteiger partial charge in [0.1, 0.15) is 0 Å². The molecule has 0 saturated heterocycles. The Morgan fingerprint density at radius 2 is 1.67 bits per heavy atom. The lowest BCUT2D eigenvalue weighted by atomic mass is 10.00. The fraction of sp³-hybridized carbons (Fsp3) is 0.176. The summed E-state index contributed by atoms with van der Waals surface area (Å²) in [5.41, 5.74) is 0. The minimum atomic E-state index is 0.262. The number of methoxy groups -OCH3 is 2. The number of ether oxygens (including phenoxy) is 4. The van der Waals surface area contributed by atoms with Gasteiger partial charge in [-0.3, -0.25) is 0 Å². The van der Waals surface area contributed by atoms with Gasteiger partial charge < -0.3 is 18.9 Å². The molecule has 3 aromatic carbocycles. The van der Waals surface area contributed by atoms with Crippen LogP contribution in [0.25, 0.3) is 21.5 Å². The van der Waals surface area contributed by atoms with E-state index in [1.807, 2.05) is 30.3 Å². The monoisotopic (exact) mass is 282 g/mol. The van der Waals surface area contributed by atoms with Crippen LogP contribution in [-0.4, -0.2) is 21.0 Å². The Morgan fingerprint density at radius 1 is 0.857 bits per heavy atom. The van der Waals surface area contributed by atoms with Crippen molar-refractivity contribution in [1.82, 2.24) is 0 Å². The number of rotatable bonds is 2. The molecule has 1 heterocycles. The lowest BCUT2D eigenvalue weighted by molar-refractivity contribution is 0.175. The molecule has 0 radical (unpaired) electrons. The van der Waals surface area contributed by atoms with Crippen molar-refractivity contribution in [2.24, 2.45) is 0 Å². The van der Waals surface area contributed by atoms with Crippen LogP contribution < -0.4 is 18.9 Å². The summed E-state index contributed by atoms with van der Waals surface area (Å²) in [5.74, 6) is 3.03. The Bertz CT molecular complexity index is 854. The highest BCUT2D eigenvalue weighted by molar-refractivity contribution is 6.13. The molecule has 106 valence electrons. The first-order chi connectivity index (χ1) is 10.3. The van der Waals surface area contributed by atoms with Gasteiger partial charge >= 0.3 is 0 Å². The first-order valence-electron chi connectivity index (χ1n) is 6.69. The highest BCUT2D eigenvalue weighted by Crippen LogP contribution is 2.45. The number of benzene rings is 3. The Labute approximate surface area is 121 Å². The van der Waals surface area contributed by atoms with Crippen LogP contribution in [0.3, 0.4) is 0 Å². The zero-order valence-electron chi connectivity index (χ0n) is 11.8. The molecule has 0 aromatic heterocycles. The van der Waals surface area contributed by atoms with Crippen molar-refractivity contribution >= 4 is 21.5 Å². The second kappa shape index (κ2) is 4.45. The van der Waals surface area contributed by atoms with Crippen LogP contribution in [0.1, 0.15) is 0 Å². The lowest BCUT2D eigenvalue weighted by Gasteiger charge is -2.13. The van der Waals surface area contributed by atoms with E-state index >= 15 is 0 Å². The van der Waals surface area contributed by atoms with Gasteiger partial charge in [-0.15, -0.1) is 0 Å². The lowest BCUT2D eigenvalue weighted by Crippen LogP contribution is -1.94. The molecule has 21 heavy (non-hydrogen) atoms. The topological polar surface area (TPSA) is 36.9 Å². The van der Waals surface area contributed by atoms with Crippen LogP contribution in [-0.2, 0) is 0 Å². The zero-order valence-corrected chi connectivity index (χ0v) is 11.8. The molecule has 4 rings (SSSR count). The van der Waals surface area contributed by atoms with E-state index < -0.39 is 0 Å². The van der Waals surface area contributed by atoms with E-state index in [-0.39, 0.29) is 6.79 Å². The Morgan fingerprint density at radius 3 is 2.48 bits per heavy atom. The maximum Gasteiger partial charge on any atom is 0.231 e. The summed E-state index contributed by atoms with van der Waals surface area (Å²) < 4.78 is 22.0. The minimum Gasteiger partial charge on any atom is -0.493 e. The molecule has 0 N–H and O–H groups in total. The van der Waals surface area contributed by atoms with E-state index in [1.54, 1.807) is 14.2 Å². The van der Waals surface area contributed by atoms with E-state index in [9.17, 15) is 0 Å². The third-order valence-electron chi connectivity index (χ3n) is 3.85. The van der Waals surface area contributed by atoms with Gasteiger partial charge in [-0.1, -0.05) is 12.1 Å². The molecule has 3 aromatic rings. The fourth-order valence-corrected chi connectivity index (χ4v) is 2.91. The molecule has 0 fully saturated rings. The number of hydrogen-bond donors (Lipinski definition) is 0. The van der Waals surface area contributed by atoms with Crippen molar-refractivity contribution in [1.29, 1.82) is 0 Å². The Balaban J connectivity index is 2.17. The quantitative estimate of drug-likeness (QED) is 0.671. The van der Waals surface area contributed by atoms with Gasteiger partial charge in [0.15, 0.2) is 23.0 Å². The standard InChI is InChI=1S/C17H14O4/c1-18-13-8-6-11-12(16(13)19-2)5-3-10-4-7-14-17(15(10)11)21-9-20-14/h3-8H,9H2,1-2H3. The van der Waals surface area contributed by atoms with Crippen LogP contribution in [0, 0.1) is 0 Å². The average Bonchev–Trinajstić information content (AvgIpc) is 3.01. The summed E-state index contributed by atoms with van der Waals surface area (Å²) in [4.78, 5) is 0. The molecule has 0 spiro atoms. The van der Waals surface area contributed by atoms with Crippen molar-refractivity contribution < 1.29 is 18.9 Å². The minimum absolute atomic E-state index is 0.262. The molecule has 0 saturated carbocycles. The van der Waals surface area contributed by atoms with Crippen molar-refractivity contribution in [3.8, 4) is 23.0 Å². The maximum atomic E-state index is 5.66. The van der Waals surface area contributed by atoms with Gasteiger partial charge in [0.2, 0.25) is 6.79 Å². The summed E-state index contributed by atoms with van der Waals surface area (Å²) in [5, 5.41) is 4.21. The summed E-state index contributed by atoms with van der Waals surface area (Å²) in [6, 6.07) is 12.0. The van der Waals surface area contributed by atoms with E-state index in [0.717, 1.165) is 38.8 Å². The van der Waals surface area contributed by atoms with Gasteiger partial charge in [0.05, 0.1) is 14.2 Å². The SMILES string of the molecule is COc1ccc2c(ccc3ccc4c(c32)OCO4)c1OC. The van der Waals surface area contributed by atoms with Crippen molar-refractivity contribution in [2.75, 3.05) is 21.0 Å². The summed E-state index contributed by atoms with van der Waals surface area (Å²) in [6.45, 7) is 0.262. The fourth-order valence-electron chi connectivity index (χ4n) is 2.91. The Kier molecular flexibility index (Phi) is 2.57. The molecule has 0 unspecified atom stereocenters. The highest BCUT2D eigenvalue weighted by Gasteiger charge is 2.20. The second-order valence-corrected chi connectivity index (χ2v) is 4.86. The predicted octanol–water partition coefficient (Wildman–Crippen LogP) is 3.74. The first-order valence-corrected chi connectivity index (χ1v) is 6.69. The largest absolute Gasteiger partial charge is 0.493 e. The zero-order chi connectivity index (χ0) is 14.4. The second-order valence-electron chi connectivity index (χ2n) is 4.86. The molecule has 4 heteroatoms. The van der Waals surface area contributed by atoms with Crippen LogP contribution in [0.5, 0.6) is 23.0 Å². The molecule has 0 aliphatic carbocycles. The van der Waals surface area contributed by atoms with Gasteiger partial charge in [-0.2, -0.15) is 0 Å². The van der Waals surface area contributed by atoms with Gasteiger partial charge in [0, 0.05) is 10.8 Å². The third-order valence-corrected chi connectivity index (χ3v) is 3.85. The number of hydrogen-bond acceptors (Lipinski definition) is 4. The molecule has 1 aliphatic rings. The van der Waals surface area contributed by atoms with Crippen LogP contribution in [0.2, 0.25) is 0 Å². The van der Waals surface area contributed by atoms with E-state index in [4.69, 9.17) is 18.9 Å². The third kappa shape index (κ3) is 1.62. The van der Waals surface area contributed by atoms with Crippen LogP contribution in [0.4, 0.5) is 0 Å². The van der Waals surface area contributed by atoms with E-state index in [1.165, 1.54) is 0 Å². The Hall–Kier alpha value is -2.62. The molecule has 0 bridgehead atoms. The van der Waals surface area contributed by atoms with Gasteiger partial charge in [-0.25, -0.2) is 0 Å². The normalized spacial score (nSPS) is 12.9. The number of fused-ring (bicyclic) bond motifs is 5. The van der Waals surface area contributed by atoms with Crippen LogP contribution in [0.15, 0.2) is 36.4 Å². The van der Waals surface area contributed by atoms with E-state index in [2.05, 4.69) is 6.07 Å². The van der Waals surface area contributed by atoms with Gasteiger partial charge in [-0.05, 0) is 35.0 Å². The molecular weight excluding hydrogens is 268 g/mol. The summed E-state index contributed by atoms with van der Waals surface area (Å²) in [6.07, 6.45) is 0.